The Morgan fingerprint density at radius 1 is 1.56 bits per heavy atom. The summed E-state index contributed by atoms with van der Waals surface area (Å²) in [7, 11) is 0. The van der Waals surface area contributed by atoms with Crippen molar-refractivity contribution in [2.75, 3.05) is 0 Å². The van der Waals surface area contributed by atoms with E-state index >= 15 is 0 Å². The lowest BCUT2D eigenvalue weighted by molar-refractivity contribution is -0.122. The van der Waals surface area contributed by atoms with Crippen molar-refractivity contribution >= 4 is 17.4 Å². The summed E-state index contributed by atoms with van der Waals surface area (Å²) < 4.78 is 0. The van der Waals surface area contributed by atoms with Gasteiger partial charge in [-0.15, -0.1) is 0 Å². The van der Waals surface area contributed by atoms with Gasteiger partial charge in [0.15, 0.2) is 0 Å². The van der Waals surface area contributed by atoms with Gasteiger partial charge >= 0.3 is 0 Å². The van der Waals surface area contributed by atoms with Gasteiger partial charge in [0.2, 0.25) is 0 Å². The highest BCUT2D eigenvalue weighted by molar-refractivity contribution is 6.31. The topological polar surface area (TPSA) is 30.0 Å². The van der Waals surface area contributed by atoms with Crippen molar-refractivity contribution < 1.29 is 4.79 Å². The van der Waals surface area contributed by atoms with E-state index in [0.717, 1.165) is 18.4 Å². The standard InChI is InChI=1S/C13H16ClNO/c1-9-2-3-11(6-9)13(16)7-10-4-5-15-8-12(10)14/h4-5,8-9,11H,2-3,6-7H2,1H3. The van der Waals surface area contributed by atoms with Crippen LogP contribution >= 0.6 is 11.6 Å². The second-order valence-corrected chi connectivity index (χ2v) is 5.13. The van der Waals surface area contributed by atoms with Crippen LogP contribution in [0.15, 0.2) is 18.5 Å². The quantitative estimate of drug-likeness (QED) is 0.808. The maximum atomic E-state index is 12.0. The van der Waals surface area contributed by atoms with Crippen LogP contribution in [0.2, 0.25) is 5.02 Å². The van der Waals surface area contributed by atoms with Gasteiger partial charge < -0.3 is 0 Å². The lowest BCUT2D eigenvalue weighted by Crippen LogP contribution is -2.14. The molecule has 1 aliphatic rings. The van der Waals surface area contributed by atoms with Crippen LogP contribution in [0.5, 0.6) is 0 Å². The Bertz CT molecular complexity index is 391. The van der Waals surface area contributed by atoms with E-state index in [1.807, 2.05) is 6.07 Å². The monoisotopic (exact) mass is 237 g/mol. The van der Waals surface area contributed by atoms with E-state index in [2.05, 4.69) is 11.9 Å². The number of halogens is 1. The van der Waals surface area contributed by atoms with Crippen LogP contribution < -0.4 is 0 Å². The molecule has 86 valence electrons. The molecule has 0 N–H and O–H groups in total. The molecule has 1 aliphatic carbocycles. The van der Waals surface area contributed by atoms with E-state index in [4.69, 9.17) is 11.6 Å². The van der Waals surface area contributed by atoms with E-state index < -0.39 is 0 Å². The van der Waals surface area contributed by atoms with Crippen LogP contribution in [0.3, 0.4) is 0 Å². The molecule has 0 saturated heterocycles. The molecule has 2 unspecified atom stereocenters. The van der Waals surface area contributed by atoms with E-state index in [9.17, 15) is 4.79 Å². The van der Waals surface area contributed by atoms with Crippen LogP contribution in [-0.2, 0) is 11.2 Å². The summed E-state index contributed by atoms with van der Waals surface area (Å²) in [6, 6.07) is 1.83. The molecule has 1 aromatic rings. The first-order chi connectivity index (χ1) is 7.66. The summed E-state index contributed by atoms with van der Waals surface area (Å²) in [5, 5.41) is 0.599. The number of aromatic nitrogens is 1. The summed E-state index contributed by atoms with van der Waals surface area (Å²) in [6.45, 7) is 2.21. The number of ketones is 1. The van der Waals surface area contributed by atoms with Crippen LogP contribution in [0.4, 0.5) is 0 Å². The molecule has 1 heterocycles. The minimum atomic E-state index is 0.249. The highest BCUT2D eigenvalue weighted by Gasteiger charge is 2.27. The highest BCUT2D eigenvalue weighted by atomic mass is 35.5. The SMILES string of the molecule is CC1CCC(C(=O)Cc2ccncc2Cl)C1. The fraction of sp³-hybridized carbons (Fsp3) is 0.538. The third-order valence-corrected chi connectivity index (χ3v) is 3.71. The van der Waals surface area contributed by atoms with Gasteiger partial charge in [0, 0.05) is 24.7 Å². The molecule has 0 spiro atoms. The van der Waals surface area contributed by atoms with E-state index in [1.165, 1.54) is 6.42 Å². The van der Waals surface area contributed by atoms with Crippen molar-refractivity contribution in [3.63, 3.8) is 0 Å². The maximum Gasteiger partial charge on any atom is 0.140 e. The zero-order chi connectivity index (χ0) is 11.5. The van der Waals surface area contributed by atoms with E-state index in [-0.39, 0.29) is 5.92 Å². The molecule has 3 heteroatoms. The highest BCUT2D eigenvalue weighted by Crippen LogP contribution is 2.32. The summed E-state index contributed by atoms with van der Waals surface area (Å²) in [4.78, 5) is 16.0. The third-order valence-electron chi connectivity index (χ3n) is 3.37. The third kappa shape index (κ3) is 2.62. The number of rotatable bonds is 3. The summed E-state index contributed by atoms with van der Waals surface area (Å²) in [5.41, 5.74) is 0.904. The number of nitrogens with zero attached hydrogens (tertiary/aromatic N) is 1. The molecule has 0 bridgehead atoms. The van der Waals surface area contributed by atoms with Crippen molar-refractivity contribution in [2.45, 2.75) is 32.6 Å². The lowest BCUT2D eigenvalue weighted by atomic mass is 9.96. The molecule has 16 heavy (non-hydrogen) atoms. The van der Waals surface area contributed by atoms with Gasteiger partial charge in [0.05, 0.1) is 5.02 Å². The zero-order valence-corrected chi connectivity index (χ0v) is 10.2. The minimum absolute atomic E-state index is 0.249. The number of pyridine rings is 1. The van der Waals surface area contributed by atoms with E-state index in [0.29, 0.717) is 23.1 Å². The first-order valence-corrected chi connectivity index (χ1v) is 6.15. The van der Waals surface area contributed by atoms with Crippen molar-refractivity contribution in [3.8, 4) is 0 Å². The lowest BCUT2D eigenvalue weighted by Gasteiger charge is -2.09. The Balaban J connectivity index is 2.00. The second-order valence-electron chi connectivity index (χ2n) is 4.73. The van der Waals surface area contributed by atoms with Crippen LogP contribution in [0, 0.1) is 11.8 Å². The predicted molar refractivity (Wildman–Crippen MR) is 64.5 cm³/mol. The average Bonchev–Trinajstić information content (AvgIpc) is 2.68. The molecule has 1 saturated carbocycles. The largest absolute Gasteiger partial charge is 0.299 e. The second kappa shape index (κ2) is 4.96. The van der Waals surface area contributed by atoms with Gasteiger partial charge in [0.25, 0.3) is 0 Å². The molecule has 2 rings (SSSR count). The number of carbonyl (C=O) groups is 1. The molecule has 2 nitrogen and oxygen atoms in total. The Kier molecular flexibility index (Phi) is 3.59. The number of hydrogen-bond acceptors (Lipinski definition) is 2. The normalized spacial score (nSPS) is 24.6. The fourth-order valence-electron chi connectivity index (χ4n) is 2.38. The number of Topliss-reactive ketones (excluding diaryl/α,β-unsaturated/α-hetero) is 1. The molecular formula is C13H16ClNO. The molecule has 0 aliphatic heterocycles. The van der Waals surface area contributed by atoms with Crippen molar-refractivity contribution in [1.29, 1.82) is 0 Å². The van der Waals surface area contributed by atoms with Gasteiger partial charge in [-0.2, -0.15) is 0 Å². The first kappa shape index (κ1) is 11.6. The van der Waals surface area contributed by atoms with Gasteiger partial charge in [-0.1, -0.05) is 18.5 Å². The molecule has 2 atom stereocenters. The Hall–Kier alpha value is -0.890. The fourth-order valence-corrected chi connectivity index (χ4v) is 2.57. The summed E-state index contributed by atoms with van der Waals surface area (Å²) >= 11 is 5.99. The van der Waals surface area contributed by atoms with Crippen molar-refractivity contribution in [1.82, 2.24) is 4.98 Å². The first-order valence-electron chi connectivity index (χ1n) is 5.78. The van der Waals surface area contributed by atoms with Crippen molar-refractivity contribution in [3.05, 3.63) is 29.0 Å². The number of hydrogen-bond donors (Lipinski definition) is 0. The van der Waals surface area contributed by atoms with Crippen LogP contribution in [0.1, 0.15) is 31.7 Å². The molecule has 0 amide bonds. The Labute approximate surface area is 101 Å². The van der Waals surface area contributed by atoms with Gasteiger partial charge in [-0.25, -0.2) is 0 Å². The minimum Gasteiger partial charge on any atom is -0.299 e. The Morgan fingerprint density at radius 2 is 2.38 bits per heavy atom. The molecule has 0 aromatic carbocycles. The summed E-state index contributed by atoms with van der Waals surface area (Å²) in [5.74, 6) is 1.28. The van der Waals surface area contributed by atoms with Gasteiger partial charge in [-0.3, -0.25) is 9.78 Å². The summed E-state index contributed by atoms with van der Waals surface area (Å²) in [6.07, 6.45) is 7.01. The maximum absolute atomic E-state index is 12.0. The molecule has 1 aromatic heterocycles. The van der Waals surface area contributed by atoms with Gasteiger partial charge in [-0.05, 0) is 36.8 Å². The molecular weight excluding hydrogens is 222 g/mol. The number of carbonyl (C=O) groups excluding carboxylic acids is 1. The average molecular weight is 238 g/mol. The van der Waals surface area contributed by atoms with Crippen LogP contribution in [0.25, 0.3) is 0 Å². The smallest absolute Gasteiger partial charge is 0.140 e. The zero-order valence-electron chi connectivity index (χ0n) is 9.45. The van der Waals surface area contributed by atoms with Crippen LogP contribution in [-0.4, -0.2) is 10.8 Å². The predicted octanol–water partition coefficient (Wildman–Crippen LogP) is 3.28. The molecule has 0 radical (unpaired) electrons. The van der Waals surface area contributed by atoms with Gasteiger partial charge in [0.1, 0.15) is 5.78 Å². The van der Waals surface area contributed by atoms with Crippen molar-refractivity contribution in [2.24, 2.45) is 11.8 Å². The van der Waals surface area contributed by atoms with E-state index in [1.54, 1.807) is 12.4 Å². The Morgan fingerprint density at radius 3 is 3.00 bits per heavy atom. The molecule has 1 fully saturated rings.